The molecule has 0 amide bonds. The lowest BCUT2D eigenvalue weighted by Crippen LogP contribution is -2.36. The Labute approximate surface area is 177 Å². The molecule has 7 nitrogen and oxygen atoms in total. The highest BCUT2D eigenvalue weighted by atomic mass is 16.3. The van der Waals surface area contributed by atoms with E-state index in [0.29, 0.717) is 24.9 Å². The maximum absolute atomic E-state index is 5.62. The second-order valence-corrected chi connectivity index (χ2v) is 7.51. The molecule has 1 fully saturated rings. The van der Waals surface area contributed by atoms with Gasteiger partial charge in [-0.1, -0.05) is 23.8 Å². The molecule has 3 aromatic rings. The Balaban J connectivity index is 1.27. The van der Waals surface area contributed by atoms with Gasteiger partial charge >= 0.3 is 0 Å². The summed E-state index contributed by atoms with van der Waals surface area (Å²) in [5, 5.41) is 6.59. The van der Waals surface area contributed by atoms with Gasteiger partial charge in [-0.05, 0) is 43.5 Å². The van der Waals surface area contributed by atoms with Crippen LogP contribution in [0.3, 0.4) is 0 Å². The standard InChI is InChI=1S/C23H28N6O/c1-17-5-8-19(9-6-17)22-28-20(16-30-22)15-27-23(24-2)26-14-18-7-10-21(25-13-18)29-11-3-4-12-29/h5-10,13,16H,3-4,11-12,14-15H2,1-2H3,(H2,24,26,27). The number of rotatable bonds is 6. The third-order valence-corrected chi connectivity index (χ3v) is 5.21. The normalized spacial score (nSPS) is 14.2. The van der Waals surface area contributed by atoms with E-state index in [1.54, 1.807) is 13.3 Å². The molecule has 1 aliphatic rings. The molecular weight excluding hydrogens is 376 g/mol. The van der Waals surface area contributed by atoms with E-state index in [1.807, 2.05) is 18.3 Å². The fourth-order valence-corrected chi connectivity index (χ4v) is 3.45. The molecule has 30 heavy (non-hydrogen) atoms. The lowest BCUT2D eigenvalue weighted by molar-refractivity contribution is 0.572. The van der Waals surface area contributed by atoms with Crippen molar-refractivity contribution in [1.82, 2.24) is 20.6 Å². The number of aromatic nitrogens is 2. The number of hydrogen-bond acceptors (Lipinski definition) is 5. The number of anilines is 1. The zero-order valence-corrected chi connectivity index (χ0v) is 17.6. The predicted octanol–water partition coefficient (Wildman–Crippen LogP) is 3.51. The third kappa shape index (κ3) is 4.97. The Morgan fingerprint density at radius 1 is 1.07 bits per heavy atom. The summed E-state index contributed by atoms with van der Waals surface area (Å²) in [4.78, 5) is 15.8. The lowest BCUT2D eigenvalue weighted by Gasteiger charge is -2.16. The molecule has 0 radical (unpaired) electrons. The molecule has 1 aromatic carbocycles. The van der Waals surface area contributed by atoms with Gasteiger partial charge in [0.25, 0.3) is 0 Å². The number of nitrogens with one attached hydrogen (secondary N) is 2. The molecule has 4 rings (SSSR count). The van der Waals surface area contributed by atoms with E-state index in [-0.39, 0.29) is 0 Å². The minimum absolute atomic E-state index is 0.529. The molecule has 2 aromatic heterocycles. The molecule has 0 bridgehead atoms. The first-order valence-corrected chi connectivity index (χ1v) is 10.4. The van der Waals surface area contributed by atoms with Crippen molar-refractivity contribution in [1.29, 1.82) is 0 Å². The van der Waals surface area contributed by atoms with Gasteiger partial charge < -0.3 is 20.0 Å². The predicted molar refractivity (Wildman–Crippen MR) is 119 cm³/mol. The van der Waals surface area contributed by atoms with Gasteiger partial charge in [-0.3, -0.25) is 4.99 Å². The molecular formula is C23H28N6O. The van der Waals surface area contributed by atoms with Crippen LogP contribution in [0.1, 0.15) is 29.7 Å². The van der Waals surface area contributed by atoms with E-state index in [2.05, 4.69) is 61.7 Å². The summed E-state index contributed by atoms with van der Waals surface area (Å²) in [6.45, 7) is 5.45. The lowest BCUT2D eigenvalue weighted by atomic mass is 10.1. The summed E-state index contributed by atoms with van der Waals surface area (Å²) >= 11 is 0. The highest BCUT2D eigenvalue weighted by molar-refractivity contribution is 5.79. The number of benzene rings is 1. The molecule has 3 heterocycles. The summed E-state index contributed by atoms with van der Waals surface area (Å²) in [7, 11) is 1.75. The summed E-state index contributed by atoms with van der Waals surface area (Å²) in [6, 6.07) is 12.3. The van der Waals surface area contributed by atoms with E-state index in [4.69, 9.17) is 4.42 Å². The molecule has 0 saturated carbocycles. The van der Waals surface area contributed by atoms with Crippen LogP contribution in [0.5, 0.6) is 0 Å². The largest absolute Gasteiger partial charge is 0.444 e. The summed E-state index contributed by atoms with van der Waals surface area (Å²) in [6.07, 6.45) is 6.12. The second kappa shape index (κ2) is 9.43. The van der Waals surface area contributed by atoms with Crippen LogP contribution in [0.15, 0.2) is 58.3 Å². The van der Waals surface area contributed by atoms with Crippen LogP contribution in [0, 0.1) is 6.92 Å². The van der Waals surface area contributed by atoms with Crippen molar-refractivity contribution in [3.63, 3.8) is 0 Å². The van der Waals surface area contributed by atoms with E-state index in [1.165, 1.54) is 18.4 Å². The van der Waals surface area contributed by atoms with Crippen molar-refractivity contribution < 1.29 is 4.42 Å². The van der Waals surface area contributed by atoms with Gasteiger partial charge in [-0.15, -0.1) is 0 Å². The minimum atomic E-state index is 0.529. The number of aryl methyl sites for hydroxylation is 1. The van der Waals surface area contributed by atoms with Crippen molar-refractivity contribution in [2.75, 3.05) is 25.0 Å². The van der Waals surface area contributed by atoms with E-state index >= 15 is 0 Å². The number of pyridine rings is 1. The summed E-state index contributed by atoms with van der Waals surface area (Å²) in [5.41, 5.74) is 4.12. The van der Waals surface area contributed by atoms with Crippen LogP contribution < -0.4 is 15.5 Å². The maximum Gasteiger partial charge on any atom is 0.226 e. The van der Waals surface area contributed by atoms with E-state index in [0.717, 1.165) is 35.7 Å². The van der Waals surface area contributed by atoms with Crippen molar-refractivity contribution >= 4 is 11.8 Å². The highest BCUT2D eigenvalue weighted by Crippen LogP contribution is 2.19. The number of nitrogens with zero attached hydrogens (tertiary/aromatic N) is 4. The van der Waals surface area contributed by atoms with E-state index in [9.17, 15) is 0 Å². The fourth-order valence-electron chi connectivity index (χ4n) is 3.45. The van der Waals surface area contributed by atoms with Crippen LogP contribution in [0.2, 0.25) is 0 Å². The topological polar surface area (TPSA) is 78.6 Å². The van der Waals surface area contributed by atoms with E-state index < -0.39 is 0 Å². The van der Waals surface area contributed by atoms with Gasteiger partial charge in [0.15, 0.2) is 5.96 Å². The smallest absolute Gasteiger partial charge is 0.226 e. The molecule has 1 saturated heterocycles. The summed E-state index contributed by atoms with van der Waals surface area (Å²) in [5.74, 6) is 2.39. The number of aliphatic imine (C=N–C) groups is 1. The second-order valence-electron chi connectivity index (χ2n) is 7.51. The van der Waals surface area contributed by atoms with Crippen LogP contribution in [0.4, 0.5) is 5.82 Å². The van der Waals surface area contributed by atoms with Crippen molar-refractivity contribution in [3.05, 3.63) is 65.7 Å². The SMILES string of the molecule is CN=C(NCc1ccc(N2CCCC2)nc1)NCc1coc(-c2ccc(C)cc2)n1. The Hall–Kier alpha value is -3.35. The minimum Gasteiger partial charge on any atom is -0.444 e. The zero-order chi connectivity index (χ0) is 20.8. The Kier molecular flexibility index (Phi) is 6.27. The molecule has 0 spiro atoms. The van der Waals surface area contributed by atoms with Gasteiger partial charge in [0.1, 0.15) is 12.1 Å². The Morgan fingerprint density at radius 3 is 2.53 bits per heavy atom. The molecule has 0 aliphatic carbocycles. The van der Waals surface area contributed by atoms with Crippen molar-refractivity contribution in [3.8, 4) is 11.5 Å². The van der Waals surface area contributed by atoms with Crippen LogP contribution in [0.25, 0.3) is 11.5 Å². The number of oxazole rings is 1. The summed E-state index contributed by atoms with van der Waals surface area (Å²) < 4.78 is 5.62. The van der Waals surface area contributed by atoms with Gasteiger partial charge in [0, 0.05) is 38.4 Å². The van der Waals surface area contributed by atoms with Crippen LogP contribution >= 0.6 is 0 Å². The van der Waals surface area contributed by atoms with Crippen molar-refractivity contribution in [2.24, 2.45) is 4.99 Å². The first-order chi connectivity index (χ1) is 14.7. The maximum atomic E-state index is 5.62. The molecule has 2 N–H and O–H groups in total. The van der Waals surface area contributed by atoms with Gasteiger partial charge in [-0.25, -0.2) is 9.97 Å². The molecule has 1 aliphatic heterocycles. The van der Waals surface area contributed by atoms with Crippen molar-refractivity contribution in [2.45, 2.75) is 32.9 Å². The Morgan fingerprint density at radius 2 is 1.83 bits per heavy atom. The van der Waals surface area contributed by atoms with Crippen LogP contribution in [-0.2, 0) is 13.1 Å². The molecule has 0 atom stereocenters. The molecule has 7 heteroatoms. The average Bonchev–Trinajstić information content (AvgIpc) is 3.47. The number of guanidine groups is 1. The number of hydrogen-bond donors (Lipinski definition) is 2. The molecule has 156 valence electrons. The van der Waals surface area contributed by atoms with Gasteiger partial charge in [0.05, 0.1) is 12.2 Å². The average molecular weight is 405 g/mol. The van der Waals surface area contributed by atoms with Gasteiger partial charge in [-0.2, -0.15) is 0 Å². The zero-order valence-electron chi connectivity index (χ0n) is 17.6. The van der Waals surface area contributed by atoms with Gasteiger partial charge in [0.2, 0.25) is 5.89 Å². The monoisotopic (exact) mass is 404 g/mol. The van der Waals surface area contributed by atoms with Crippen LogP contribution in [-0.4, -0.2) is 36.1 Å². The third-order valence-electron chi connectivity index (χ3n) is 5.21. The first kappa shape index (κ1) is 19.9. The first-order valence-electron chi connectivity index (χ1n) is 10.4. The molecule has 0 unspecified atom stereocenters. The Bertz CT molecular complexity index is 972. The quantitative estimate of drug-likeness (QED) is 0.484. The highest BCUT2D eigenvalue weighted by Gasteiger charge is 2.13. The fraction of sp³-hybridized carbons (Fsp3) is 0.348.